The van der Waals surface area contributed by atoms with E-state index in [1.54, 1.807) is 0 Å². The Kier molecular flexibility index (Phi) is 30.5. The number of hydrogen-bond donors (Lipinski definition) is 0. The summed E-state index contributed by atoms with van der Waals surface area (Å²) in [6, 6.07) is 0. The summed E-state index contributed by atoms with van der Waals surface area (Å²) in [5, 5.41) is 10.3. The van der Waals surface area contributed by atoms with Crippen LogP contribution in [0.4, 0.5) is 0 Å². The van der Waals surface area contributed by atoms with Crippen LogP contribution in [-0.2, 0) is 27.2 Å². The fourth-order valence-electron chi connectivity index (χ4n) is 4.05. The Hall–Kier alpha value is 0.210. The predicted molar refractivity (Wildman–Crippen MR) is 121 cm³/mol. The normalized spacial score (nSPS) is 10.8. The number of hydrogen-bond acceptors (Lipinski definition) is 2. The van der Waals surface area contributed by atoms with Gasteiger partial charge in [-0.2, -0.15) is 0 Å². The maximum Gasteiger partial charge on any atom is 1.00 e. The molecule has 0 aliphatic carbocycles. The molecule has 0 saturated heterocycles. The van der Waals surface area contributed by atoms with Gasteiger partial charge in [0.1, 0.15) is 0 Å². The van der Waals surface area contributed by atoms with Gasteiger partial charge in [-0.3, -0.25) is 0 Å². The SMILES string of the molecule is CCCCCCCCCCCCCCCCCCCCCCCCCC(=O)[O-].[Ag+]. The van der Waals surface area contributed by atoms with Gasteiger partial charge in [-0.15, -0.1) is 0 Å². The second-order valence-corrected chi connectivity index (χ2v) is 8.90. The van der Waals surface area contributed by atoms with Crippen molar-refractivity contribution in [3.63, 3.8) is 0 Å². The Morgan fingerprint density at radius 3 is 0.862 bits per heavy atom. The molecule has 0 unspecified atom stereocenters. The van der Waals surface area contributed by atoms with Crippen molar-refractivity contribution in [2.75, 3.05) is 0 Å². The summed E-state index contributed by atoms with van der Waals surface area (Å²) in [7, 11) is 0. The Labute approximate surface area is 198 Å². The molecule has 178 valence electrons. The van der Waals surface area contributed by atoms with Gasteiger partial charge < -0.3 is 9.90 Å². The van der Waals surface area contributed by atoms with Crippen LogP contribution in [0.5, 0.6) is 0 Å². The van der Waals surface area contributed by atoms with Crippen LogP contribution in [0.15, 0.2) is 0 Å². The summed E-state index contributed by atoms with van der Waals surface area (Å²) >= 11 is 0. The van der Waals surface area contributed by atoms with E-state index in [1.807, 2.05) is 0 Å². The van der Waals surface area contributed by atoms with Crippen LogP contribution in [0.1, 0.15) is 161 Å². The van der Waals surface area contributed by atoms with E-state index in [0.29, 0.717) is 0 Å². The van der Waals surface area contributed by atoms with Crippen molar-refractivity contribution in [1.82, 2.24) is 0 Å². The van der Waals surface area contributed by atoms with E-state index in [1.165, 1.54) is 135 Å². The molecule has 0 aliphatic rings. The second-order valence-electron chi connectivity index (χ2n) is 8.90. The van der Waals surface area contributed by atoms with Gasteiger partial charge in [0.05, 0.1) is 0 Å². The van der Waals surface area contributed by atoms with Crippen molar-refractivity contribution in [2.24, 2.45) is 0 Å². The summed E-state index contributed by atoms with van der Waals surface area (Å²) < 4.78 is 0. The first-order chi connectivity index (χ1) is 13.8. The van der Waals surface area contributed by atoms with Crippen LogP contribution in [0.3, 0.4) is 0 Å². The first-order valence-electron chi connectivity index (χ1n) is 13.0. The minimum absolute atomic E-state index is 0. The van der Waals surface area contributed by atoms with Gasteiger partial charge in [-0.1, -0.05) is 148 Å². The van der Waals surface area contributed by atoms with E-state index in [0.717, 1.165) is 12.8 Å². The molecule has 0 aromatic carbocycles. The van der Waals surface area contributed by atoms with Gasteiger partial charge in [0.25, 0.3) is 0 Å². The molecule has 0 aromatic rings. The molecule has 0 atom stereocenters. The standard InChI is InChI=1S/C26H52O2.Ag/c1-2-3-4-5-6-7-8-9-10-11-12-13-14-15-16-17-18-19-20-21-22-23-24-25-26(27)28;/h2-25H2,1H3,(H,27,28);/q;+1/p-1. The predicted octanol–water partition coefficient (Wildman–Crippen LogP) is 8.12. The van der Waals surface area contributed by atoms with Gasteiger partial charge in [0.15, 0.2) is 0 Å². The van der Waals surface area contributed by atoms with E-state index >= 15 is 0 Å². The Morgan fingerprint density at radius 2 is 0.655 bits per heavy atom. The summed E-state index contributed by atoms with van der Waals surface area (Å²) in [5.41, 5.74) is 0. The van der Waals surface area contributed by atoms with Gasteiger partial charge >= 0.3 is 22.4 Å². The van der Waals surface area contributed by atoms with E-state index in [9.17, 15) is 9.90 Å². The smallest absolute Gasteiger partial charge is 0.550 e. The number of carbonyl (C=O) groups excluding carboxylic acids is 1. The largest absolute Gasteiger partial charge is 1.00 e. The maximum atomic E-state index is 10.3. The minimum Gasteiger partial charge on any atom is -0.550 e. The van der Waals surface area contributed by atoms with Gasteiger partial charge in [-0.05, 0) is 12.8 Å². The van der Waals surface area contributed by atoms with Gasteiger partial charge in [-0.25, -0.2) is 0 Å². The molecule has 0 N–H and O–H groups in total. The Morgan fingerprint density at radius 1 is 0.448 bits per heavy atom. The summed E-state index contributed by atoms with van der Waals surface area (Å²) in [6.07, 6.45) is 31.7. The van der Waals surface area contributed by atoms with Crippen molar-refractivity contribution in [3.8, 4) is 0 Å². The second kappa shape index (κ2) is 28.2. The van der Waals surface area contributed by atoms with E-state index in [4.69, 9.17) is 0 Å². The third kappa shape index (κ3) is 30.5. The molecular weight excluding hydrogens is 452 g/mol. The van der Waals surface area contributed by atoms with E-state index in [-0.39, 0.29) is 28.8 Å². The molecule has 29 heavy (non-hydrogen) atoms. The van der Waals surface area contributed by atoms with Gasteiger partial charge in [0, 0.05) is 5.97 Å². The number of aliphatic carboxylic acids is 1. The molecule has 0 heterocycles. The molecule has 0 aliphatic heterocycles. The minimum atomic E-state index is -0.900. The topological polar surface area (TPSA) is 40.1 Å². The first-order valence-corrected chi connectivity index (χ1v) is 13.0. The number of unbranched alkanes of at least 4 members (excludes halogenated alkanes) is 22. The number of carboxylic acid groups (broad SMARTS) is 1. The fourth-order valence-corrected chi connectivity index (χ4v) is 4.05. The van der Waals surface area contributed by atoms with Crippen LogP contribution < -0.4 is 5.11 Å². The van der Waals surface area contributed by atoms with E-state index < -0.39 is 5.97 Å². The molecular formula is C26H51AgO2. The molecule has 2 nitrogen and oxygen atoms in total. The average molecular weight is 504 g/mol. The number of carbonyl (C=O) groups is 1. The fraction of sp³-hybridized carbons (Fsp3) is 0.962. The molecule has 0 bridgehead atoms. The molecule has 0 saturated carbocycles. The molecule has 0 amide bonds. The van der Waals surface area contributed by atoms with Crippen LogP contribution in [0, 0.1) is 0 Å². The zero-order chi connectivity index (χ0) is 20.5. The van der Waals surface area contributed by atoms with Crippen molar-refractivity contribution < 1.29 is 32.3 Å². The monoisotopic (exact) mass is 502 g/mol. The third-order valence-electron chi connectivity index (χ3n) is 5.98. The molecule has 0 aromatic heterocycles. The third-order valence-corrected chi connectivity index (χ3v) is 5.98. The number of carboxylic acids is 1. The van der Waals surface area contributed by atoms with Crippen LogP contribution in [0.2, 0.25) is 0 Å². The molecule has 0 fully saturated rings. The Balaban J connectivity index is 0. The molecule has 0 radical (unpaired) electrons. The van der Waals surface area contributed by atoms with Crippen molar-refractivity contribution >= 4 is 5.97 Å². The zero-order valence-electron chi connectivity index (χ0n) is 19.6. The van der Waals surface area contributed by atoms with Crippen molar-refractivity contribution in [1.29, 1.82) is 0 Å². The average Bonchev–Trinajstić information content (AvgIpc) is 2.68. The van der Waals surface area contributed by atoms with Gasteiger partial charge in [0.2, 0.25) is 0 Å². The van der Waals surface area contributed by atoms with Crippen LogP contribution in [0.25, 0.3) is 0 Å². The van der Waals surface area contributed by atoms with Crippen molar-refractivity contribution in [3.05, 3.63) is 0 Å². The quantitative estimate of drug-likeness (QED) is 0.0986. The van der Waals surface area contributed by atoms with Crippen molar-refractivity contribution in [2.45, 2.75) is 161 Å². The maximum absolute atomic E-state index is 10.3. The first kappa shape index (κ1) is 31.4. The Bertz CT molecular complexity index is 307. The summed E-state index contributed by atoms with van der Waals surface area (Å²) in [4.78, 5) is 10.3. The molecule has 0 rings (SSSR count). The summed E-state index contributed by atoms with van der Waals surface area (Å²) in [6.45, 7) is 2.29. The van der Waals surface area contributed by atoms with Crippen LogP contribution in [-0.4, -0.2) is 5.97 Å². The van der Waals surface area contributed by atoms with Crippen LogP contribution >= 0.6 is 0 Å². The molecule has 3 heteroatoms. The molecule has 0 spiro atoms. The number of rotatable bonds is 24. The zero-order valence-corrected chi connectivity index (χ0v) is 21.1. The summed E-state index contributed by atoms with van der Waals surface area (Å²) in [5.74, 6) is -0.900. The van der Waals surface area contributed by atoms with E-state index in [2.05, 4.69) is 6.92 Å².